The van der Waals surface area contributed by atoms with Crippen LogP contribution in [0.15, 0.2) is 47.4 Å². The number of hydrogen-bond donors (Lipinski definition) is 4. The second-order valence-corrected chi connectivity index (χ2v) is 10.5. The Morgan fingerprint density at radius 3 is 2.57 bits per heavy atom. The Labute approximate surface area is 203 Å². The number of pyridine rings is 1. The van der Waals surface area contributed by atoms with E-state index in [4.69, 9.17) is 5.73 Å². The highest BCUT2D eigenvalue weighted by Gasteiger charge is 2.46. The van der Waals surface area contributed by atoms with E-state index in [0.717, 1.165) is 19.3 Å². The minimum Gasteiger partial charge on any atom is -0.477 e. The molecule has 2 aromatic carbocycles. The molecule has 1 heterocycles. The van der Waals surface area contributed by atoms with E-state index in [1.807, 2.05) is 19.9 Å². The van der Waals surface area contributed by atoms with Gasteiger partial charge in [0.05, 0.1) is 22.3 Å². The summed E-state index contributed by atoms with van der Waals surface area (Å²) >= 11 is 0. The summed E-state index contributed by atoms with van der Waals surface area (Å²) in [5.74, 6) is -1.53. The van der Waals surface area contributed by atoms with E-state index in [1.54, 1.807) is 10.6 Å². The fourth-order valence-corrected chi connectivity index (χ4v) is 5.50. The molecule has 35 heavy (non-hydrogen) atoms. The van der Waals surface area contributed by atoms with Gasteiger partial charge in [-0.05, 0) is 51.7 Å². The summed E-state index contributed by atoms with van der Waals surface area (Å²) < 4.78 is 17.0. The summed E-state index contributed by atoms with van der Waals surface area (Å²) in [5.41, 5.74) is 6.23. The number of carboxylic acid groups (broad SMARTS) is 1. The number of aromatic nitrogens is 1. The minimum atomic E-state index is -1.36. The van der Waals surface area contributed by atoms with Gasteiger partial charge in [-0.3, -0.25) is 4.79 Å². The average molecular weight is 479 g/mol. The maximum atomic E-state index is 15.3. The molecule has 7 nitrogen and oxygen atoms in total. The summed E-state index contributed by atoms with van der Waals surface area (Å²) in [4.78, 5) is 24.4. The van der Waals surface area contributed by atoms with Gasteiger partial charge >= 0.3 is 5.97 Å². The number of halogens is 1. The molecule has 2 aliphatic rings. The van der Waals surface area contributed by atoms with Crippen LogP contribution in [-0.2, 0) is 0 Å². The molecule has 2 aliphatic carbocycles. The summed E-state index contributed by atoms with van der Waals surface area (Å²) in [6, 6.07) is 12.7. The highest BCUT2D eigenvalue weighted by atomic mass is 19.1. The quantitative estimate of drug-likeness (QED) is 0.373. The third-order valence-corrected chi connectivity index (χ3v) is 7.38. The van der Waals surface area contributed by atoms with Gasteiger partial charge in [-0.1, -0.05) is 30.3 Å². The van der Waals surface area contributed by atoms with Crippen LogP contribution in [0.4, 0.5) is 15.8 Å². The molecule has 0 unspecified atom stereocenters. The predicted molar refractivity (Wildman–Crippen MR) is 136 cm³/mol. The first-order valence-electron chi connectivity index (χ1n) is 12.1. The molecule has 184 valence electrons. The van der Waals surface area contributed by atoms with Crippen LogP contribution in [0.25, 0.3) is 10.9 Å². The van der Waals surface area contributed by atoms with Crippen molar-refractivity contribution in [3.8, 4) is 0 Å². The van der Waals surface area contributed by atoms with Gasteiger partial charge < -0.3 is 26.0 Å². The molecule has 5 rings (SSSR count). The van der Waals surface area contributed by atoms with Crippen molar-refractivity contribution < 1.29 is 14.3 Å². The zero-order valence-corrected chi connectivity index (χ0v) is 20.1. The Bertz CT molecular complexity index is 1360. The minimum absolute atomic E-state index is 0.0966. The molecular formula is C27H31FN4O3. The first-order valence-corrected chi connectivity index (χ1v) is 12.1. The molecule has 0 amide bonds. The van der Waals surface area contributed by atoms with E-state index in [9.17, 15) is 14.7 Å². The number of fused-ring (bicyclic) bond motifs is 1. The Balaban J connectivity index is 1.36. The van der Waals surface area contributed by atoms with E-state index in [-0.39, 0.29) is 28.3 Å². The Hall–Kier alpha value is -3.39. The number of rotatable bonds is 7. The number of nitrogens with one attached hydrogen (secondary N) is 2. The van der Waals surface area contributed by atoms with Gasteiger partial charge in [0, 0.05) is 35.8 Å². The van der Waals surface area contributed by atoms with Gasteiger partial charge in [0.1, 0.15) is 5.56 Å². The summed E-state index contributed by atoms with van der Waals surface area (Å²) in [6.07, 6.45) is 4.10. The molecule has 0 saturated heterocycles. The van der Waals surface area contributed by atoms with Gasteiger partial charge in [0.2, 0.25) is 5.43 Å². The number of nitrogens with two attached hydrogens (primary N) is 1. The number of anilines is 2. The monoisotopic (exact) mass is 478 g/mol. The van der Waals surface area contributed by atoms with Crippen LogP contribution in [-0.4, -0.2) is 33.3 Å². The number of nitrogens with zero attached hydrogens (tertiary/aromatic N) is 1. The summed E-state index contributed by atoms with van der Waals surface area (Å²) in [6.45, 7) is 5.79. The Kier molecular flexibility index (Phi) is 5.59. The van der Waals surface area contributed by atoms with Crippen molar-refractivity contribution in [3.63, 3.8) is 0 Å². The lowest BCUT2D eigenvalue weighted by atomic mass is 9.73. The van der Waals surface area contributed by atoms with Crippen LogP contribution in [0, 0.1) is 5.82 Å². The highest BCUT2D eigenvalue weighted by molar-refractivity contribution is 5.99. The van der Waals surface area contributed by atoms with E-state index in [1.165, 1.54) is 11.8 Å². The maximum absolute atomic E-state index is 15.3. The molecule has 2 fully saturated rings. The largest absolute Gasteiger partial charge is 0.477 e. The fourth-order valence-electron chi connectivity index (χ4n) is 5.50. The third kappa shape index (κ3) is 4.16. The molecule has 0 spiro atoms. The smallest absolute Gasteiger partial charge is 0.341 e. The summed E-state index contributed by atoms with van der Waals surface area (Å²) in [7, 11) is 0. The first-order chi connectivity index (χ1) is 16.6. The van der Waals surface area contributed by atoms with Crippen LogP contribution < -0.4 is 21.8 Å². The van der Waals surface area contributed by atoms with Crippen molar-refractivity contribution in [1.82, 2.24) is 9.88 Å². The lowest BCUT2D eigenvalue weighted by molar-refractivity contribution is 0.0694. The van der Waals surface area contributed by atoms with E-state index in [2.05, 4.69) is 41.8 Å². The Morgan fingerprint density at radius 2 is 1.94 bits per heavy atom. The van der Waals surface area contributed by atoms with Crippen molar-refractivity contribution in [2.24, 2.45) is 0 Å². The molecular weight excluding hydrogens is 447 g/mol. The molecule has 5 N–H and O–H groups in total. The number of carboxylic acids is 1. The Morgan fingerprint density at radius 1 is 1.26 bits per heavy atom. The van der Waals surface area contributed by atoms with Gasteiger partial charge in [-0.25, -0.2) is 9.18 Å². The second kappa shape index (κ2) is 8.37. The number of benzene rings is 2. The molecule has 0 aliphatic heterocycles. The van der Waals surface area contributed by atoms with Crippen molar-refractivity contribution in [1.29, 1.82) is 0 Å². The SMILES string of the molecule is CC(C)n1cc(C(=O)O)c(=O)c2c(N)c(F)c(NC3(C)CC(N[C@H]4C[C@@H]4c4ccccc4)C3)cc21. The first kappa shape index (κ1) is 23.4. The molecule has 0 bridgehead atoms. The zero-order chi connectivity index (χ0) is 25.1. The lowest BCUT2D eigenvalue weighted by Crippen LogP contribution is -2.56. The lowest BCUT2D eigenvalue weighted by Gasteiger charge is -2.47. The highest BCUT2D eigenvalue weighted by Crippen LogP contribution is 2.44. The van der Waals surface area contributed by atoms with Crippen LogP contribution in [0.2, 0.25) is 0 Å². The van der Waals surface area contributed by atoms with Crippen molar-refractivity contribution >= 4 is 28.2 Å². The van der Waals surface area contributed by atoms with Crippen molar-refractivity contribution in [2.45, 2.75) is 69.6 Å². The number of carbonyl (C=O) groups is 1. The average Bonchev–Trinajstić information content (AvgIpc) is 3.55. The topological polar surface area (TPSA) is 109 Å². The van der Waals surface area contributed by atoms with Crippen LogP contribution >= 0.6 is 0 Å². The van der Waals surface area contributed by atoms with Gasteiger partial charge in [-0.2, -0.15) is 0 Å². The zero-order valence-electron chi connectivity index (χ0n) is 20.1. The van der Waals surface area contributed by atoms with Crippen molar-refractivity contribution in [2.75, 3.05) is 11.1 Å². The normalized spacial score (nSPS) is 25.5. The number of aromatic carboxylic acids is 1. The molecule has 2 saturated carbocycles. The molecule has 8 heteroatoms. The van der Waals surface area contributed by atoms with E-state index >= 15 is 4.39 Å². The van der Waals surface area contributed by atoms with Crippen LogP contribution in [0.1, 0.15) is 67.9 Å². The standard InChI is InChI=1S/C27H31FN4O3/c1-14(2)32-13-18(26(34)35)25(33)22-21(32)10-20(23(28)24(22)29)31-27(3)11-16(12-27)30-19-9-17(19)15-7-5-4-6-8-15/h4-8,10,13-14,16-17,19,30-31H,9,11-12,29H2,1-3H3,(H,34,35)/t16?,17-,19+,27?/m1/s1. The van der Waals surface area contributed by atoms with Crippen LogP contribution in [0.5, 0.6) is 0 Å². The molecule has 1 aromatic heterocycles. The van der Waals surface area contributed by atoms with Gasteiger partial charge in [0.15, 0.2) is 5.82 Å². The maximum Gasteiger partial charge on any atom is 0.341 e. The molecule has 0 radical (unpaired) electrons. The van der Waals surface area contributed by atoms with Crippen LogP contribution in [0.3, 0.4) is 0 Å². The fraction of sp³-hybridized carbons (Fsp3) is 0.407. The summed E-state index contributed by atoms with van der Waals surface area (Å²) in [5, 5.41) is 16.4. The van der Waals surface area contributed by atoms with Gasteiger partial charge in [-0.15, -0.1) is 0 Å². The molecule has 2 atom stereocenters. The van der Waals surface area contributed by atoms with E-state index in [0.29, 0.717) is 23.5 Å². The number of nitrogen functional groups attached to an aromatic ring is 1. The van der Waals surface area contributed by atoms with Crippen molar-refractivity contribution in [3.05, 3.63) is 69.8 Å². The number of hydrogen-bond acceptors (Lipinski definition) is 5. The molecule has 3 aromatic rings. The third-order valence-electron chi connectivity index (χ3n) is 7.38. The second-order valence-electron chi connectivity index (χ2n) is 10.5. The predicted octanol–water partition coefficient (Wildman–Crippen LogP) is 4.48. The van der Waals surface area contributed by atoms with Gasteiger partial charge in [0.25, 0.3) is 0 Å². The van der Waals surface area contributed by atoms with E-state index < -0.39 is 22.8 Å².